The molecule has 55 heavy (non-hydrogen) atoms. The molecule has 0 aromatic carbocycles. The van der Waals surface area contributed by atoms with Crippen LogP contribution < -0.4 is 28.2 Å². The third kappa shape index (κ3) is 33.4. The van der Waals surface area contributed by atoms with Crippen molar-refractivity contribution in [2.75, 3.05) is 5.73 Å². The summed E-state index contributed by atoms with van der Waals surface area (Å²) in [5.74, 6) is 1.79. The number of nitrogen functional groups attached to an aromatic ring is 1. The molecule has 0 spiro atoms. The number of hydrazone groups is 1. The maximum atomic E-state index is 10.2. The molecule has 0 fully saturated rings. The highest BCUT2D eigenvalue weighted by Gasteiger charge is 2.07. The molecule has 1 aliphatic heterocycles. The summed E-state index contributed by atoms with van der Waals surface area (Å²) in [5, 5.41) is 42.0. The van der Waals surface area contributed by atoms with Gasteiger partial charge in [0.15, 0.2) is 9.78 Å². The molecule has 7 rings (SSSR count). The molecule has 6 aromatic rings. The third-order valence-electron chi connectivity index (χ3n) is 4.14. The Labute approximate surface area is 329 Å². The SMILES string of the molecule is C.C.C.C.C.C.C.CC1=NNC(=O)C1.Cc1cc(=O)o[nH]1.Cc1n[nH]c(=O)[nH]1.Cc1n[nH]c(=S)s1.Cc1nn[nH]n1.Cc1nnc(N)o1.Cc1noc(=O)[nH]1. The van der Waals surface area contributed by atoms with Crippen LogP contribution in [0.1, 0.15) is 99.4 Å². The maximum absolute atomic E-state index is 10.2. The zero-order chi connectivity index (χ0) is 36.1. The van der Waals surface area contributed by atoms with Gasteiger partial charge in [0.1, 0.15) is 16.7 Å². The number of nitrogens with zero attached hydrogens (tertiary/aromatic N) is 9. The lowest BCUT2D eigenvalue weighted by Gasteiger charge is -1.77. The monoisotopic (exact) mass is 823 g/mol. The molecule has 26 heteroatoms. The van der Waals surface area contributed by atoms with Crippen molar-refractivity contribution in [3.05, 3.63) is 75.5 Å². The fourth-order valence-corrected chi connectivity index (χ4v) is 3.18. The standard InChI is InChI=1S/C4H6N2O.C4H5NO2.2C3H5N3O.C3H4N2O2.C3H4N2S2.C2H4N4.7CH4/c1-3-2-4(7)6-5-3;1-3-2-4(6)7-5-3;1-2-5-6-3(4)7-2;1-2-4-3(7)6-5-2;1-2-4-3(6)7-5-2;1-2-4-5-3(6)7-2;1-2-3-5-6-4-2;;;;;;;/h2H2,1H3,(H,6,7);2,5H,1H3;1H3,(H2,4,6);1H3,(H2,4,5,6,7);1H3,(H,4,5,6);1H3,(H,5,6);1H3,(H,3,4,5,6);7*1H4. The lowest BCUT2D eigenvalue weighted by atomic mass is 10.3. The Hall–Kier alpha value is -6.18. The number of carbonyl (C=O) groups excluding carboxylic acids is 1. The molecule has 0 bridgehead atoms. The first-order valence-corrected chi connectivity index (χ1v) is 14.2. The molecule has 316 valence electrons. The second-order valence-corrected chi connectivity index (χ2v) is 10.5. The van der Waals surface area contributed by atoms with E-state index < -0.39 is 5.76 Å². The number of carbonyl (C=O) groups is 1. The zero-order valence-corrected chi connectivity index (χ0v) is 28.2. The number of nitrogens with two attached hydrogens (primary N) is 1. The topological polar surface area (TPSA) is 356 Å². The van der Waals surface area contributed by atoms with Crippen molar-refractivity contribution in [1.82, 2.24) is 76.9 Å². The molecular formula is C29H61N17O7S2. The summed E-state index contributed by atoms with van der Waals surface area (Å²) in [6, 6.07) is 1.51. The maximum Gasteiger partial charge on any atom is 0.438 e. The summed E-state index contributed by atoms with van der Waals surface area (Å²) in [6.45, 7) is 12.3. The van der Waals surface area contributed by atoms with E-state index in [-0.39, 0.29) is 75.2 Å². The first-order valence-electron chi connectivity index (χ1n) is 13.0. The zero-order valence-electron chi connectivity index (χ0n) is 26.6. The van der Waals surface area contributed by atoms with Crippen LogP contribution in [0.15, 0.2) is 39.0 Å². The van der Waals surface area contributed by atoms with Crippen LogP contribution in [-0.4, -0.2) is 83.1 Å². The van der Waals surface area contributed by atoms with Crippen molar-refractivity contribution in [1.29, 1.82) is 0 Å². The minimum atomic E-state index is -0.502. The van der Waals surface area contributed by atoms with Gasteiger partial charge in [0.05, 0.1) is 12.1 Å². The van der Waals surface area contributed by atoms with E-state index >= 15 is 0 Å². The Kier molecular flexibility index (Phi) is 40.5. The van der Waals surface area contributed by atoms with Crippen molar-refractivity contribution in [3.63, 3.8) is 0 Å². The molecule has 0 unspecified atom stereocenters. The average molecular weight is 824 g/mol. The number of aromatic amines is 6. The molecule has 7 heterocycles. The van der Waals surface area contributed by atoms with Crippen LogP contribution in [0, 0.1) is 45.5 Å². The van der Waals surface area contributed by atoms with Crippen LogP contribution in [0.5, 0.6) is 0 Å². The van der Waals surface area contributed by atoms with Crippen LogP contribution in [-0.2, 0) is 4.79 Å². The Bertz CT molecular complexity index is 1810. The van der Waals surface area contributed by atoms with Gasteiger partial charge in [-0.2, -0.15) is 20.5 Å². The average Bonchev–Trinajstić information content (AvgIpc) is 3.88. The normalized spacial score (nSPS) is 9.29. The van der Waals surface area contributed by atoms with Crippen molar-refractivity contribution < 1.29 is 18.3 Å². The first kappa shape index (κ1) is 63.8. The number of amides is 1. The fourth-order valence-electron chi connectivity index (χ4n) is 2.32. The summed E-state index contributed by atoms with van der Waals surface area (Å²) >= 11 is 6.22. The quantitative estimate of drug-likeness (QED) is 0.0965. The van der Waals surface area contributed by atoms with E-state index in [4.69, 9.17) is 18.0 Å². The third-order valence-corrected chi connectivity index (χ3v) is 5.15. The van der Waals surface area contributed by atoms with E-state index in [1.165, 1.54) is 17.4 Å². The summed E-state index contributed by atoms with van der Waals surface area (Å²) in [4.78, 5) is 45.2. The van der Waals surface area contributed by atoms with Gasteiger partial charge in [-0.25, -0.2) is 30.1 Å². The lowest BCUT2D eigenvalue weighted by molar-refractivity contribution is -0.119. The molecule has 9 N–H and O–H groups in total. The number of hydrogen-bond acceptors (Lipinski definition) is 19. The van der Waals surface area contributed by atoms with Crippen molar-refractivity contribution >= 4 is 41.2 Å². The van der Waals surface area contributed by atoms with Crippen molar-refractivity contribution in [3.8, 4) is 0 Å². The molecule has 24 nitrogen and oxygen atoms in total. The van der Waals surface area contributed by atoms with Gasteiger partial charge in [0.25, 0.3) is 0 Å². The minimum absolute atomic E-state index is 0. The second-order valence-electron chi connectivity index (χ2n) is 8.60. The van der Waals surface area contributed by atoms with Gasteiger partial charge in [-0.15, -0.1) is 15.3 Å². The summed E-state index contributed by atoms with van der Waals surface area (Å²) in [7, 11) is 0. The number of rotatable bonds is 0. The summed E-state index contributed by atoms with van der Waals surface area (Å²) in [6.07, 6.45) is 0.472. The van der Waals surface area contributed by atoms with Gasteiger partial charge < -0.3 is 14.7 Å². The molecule has 0 radical (unpaired) electrons. The number of nitrogens with one attached hydrogen (secondary N) is 7. The number of aromatic nitrogens is 14. The van der Waals surface area contributed by atoms with Crippen molar-refractivity contribution in [2.45, 2.75) is 107 Å². The molecule has 0 saturated carbocycles. The minimum Gasteiger partial charge on any atom is -0.409 e. The second kappa shape index (κ2) is 34.9. The smallest absolute Gasteiger partial charge is 0.409 e. The van der Waals surface area contributed by atoms with E-state index in [0.717, 1.165) is 20.4 Å². The van der Waals surface area contributed by atoms with E-state index in [1.54, 1.807) is 34.6 Å². The predicted molar refractivity (Wildman–Crippen MR) is 217 cm³/mol. The first-order chi connectivity index (χ1) is 22.6. The molecule has 1 aliphatic rings. The van der Waals surface area contributed by atoms with Crippen LogP contribution in [0.4, 0.5) is 6.01 Å². The Morgan fingerprint density at radius 1 is 0.800 bits per heavy atom. The summed E-state index contributed by atoms with van der Waals surface area (Å²) in [5.41, 5.74) is 8.40. The van der Waals surface area contributed by atoms with Gasteiger partial charge in [0.2, 0.25) is 11.8 Å². The summed E-state index contributed by atoms with van der Waals surface area (Å²) < 4.78 is 13.8. The Morgan fingerprint density at radius 3 is 1.56 bits per heavy atom. The number of tetrazole rings is 1. The fraction of sp³-hybridized carbons (Fsp3) is 0.517. The Balaban J connectivity index is -0.0000000958. The van der Waals surface area contributed by atoms with E-state index in [1.807, 2.05) is 13.8 Å². The van der Waals surface area contributed by atoms with Gasteiger partial charge in [0, 0.05) is 18.7 Å². The largest absolute Gasteiger partial charge is 0.438 e. The highest BCUT2D eigenvalue weighted by atomic mass is 32.1. The van der Waals surface area contributed by atoms with Gasteiger partial charge >= 0.3 is 23.1 Å². The molecule has 1 amide bonds. The van der Waals surface area contributed by atoms with E-state index in [9.17, 15) is 19.2 Å². The highest BCUT2D eigenvalue weighted by Crippen LogP contribution is 1.99. The molecule has 0 atom stereocenters. The molecule has 0 saturated heterocycles. The van der Waals surface area contributed by atoms with Gasteiger partial charge in [-0.3, -0.25) is 24.4 Å². The van der Waals surface area contributed by atoms with Crippen LogP contribution >= 0.6 is 23.6 Å². The number of anilines is 1. The number of aryl methyl sites for hydroxylation is 6. The molecule has 6 aromatic heterocycles. The van der Waals surface area contributed by atoms with Gasteiger partial charge in [-0.05, 0) is 53.8 Å². The molecule has 0 aliphatic carbocycles. The number of hydrogen-bond donors (Lipinski definition) is 8. The highest BCUT2D eigenvalue weighted by molar-refractivity contribution is 7.73. The number of H-pyrrole nitrogens is 6. The Morgan fingerprint density at radius 2 is 1.44 bits per heavy atom. The molecular weight excluding hydrogens is 763 g/mol. The van der Waals surface area contributed by atoms with E-state index in [0.29, 0.717) is 29.8 Å². The van der Waals surface area contributed by atoms with Crippen molar-refractivity contribution in [2.24, 2.45) is 5.10 Å². The van der Waals surface area contributed by atoms with Crippen LogP contribution in [0.25, 0.3) is 0 Å². The predicted octanol–water partition coefficient (Wildman–Crippen LogP) is 4.67. The lowest BCUT2D eigenvalue weighted by Crippen LogP contribution is -2.08. The van der Waals surface area contributed by atoms with E-state index in [2.05, 4.69) is 95.5 Å². The van der Waals surface area contributed by atoms with Crippen LogP contribution in [0.2, 0.25) is 0 Å². The van der Waals surface area contributed by atoms with Gasteiger partial charge in [-0.1, -0.05) is 78.8 Å². The van der Waals surface area contributed by atoms with Crippen LogP contribution in [0.3, 0.4) is 0 Å².